The van der Waals surface area contributed by atoms with Gasteiger partial charge in [-0.05, 0) is 30.0 Å². The van der Waals surface area contributed by atoms with Gasteiger partial charge in [0.05, 0.1) is 11.6 Å². The van der Waals surface area contributed by atoms with E-state index in [-0.39, 0.29) is 0 Å². The molecule has 0 radical (unpaired) electrons. The summed E-state index contributed by atoms with van der Waals surface area (Å²) in [6.45, 7) is 3.22. The number of nitriles is 1. The lowest BCUT2D eigenvalue weighted by molar-refractivity contribution is 0.650. The smallest absolute Gasteiger partial charge is 0.0992 e. The number of rotatable bonds is 3. The predicted molar refractivity (Wildman–Crippen MR) is 61.6 cm³/mol. The van der Waals surface area contributed by atoms with E-state index in [2.05, 4.69) is 29.8 Å². The molecule has 0 N–H and O–H groups in total. The Bertz CT molecular complexity index is 503. The van der Waals surface area contributed by atoms with Crippen molar-refractivity contribution in [2.75, 3.05) is 0 Å². The summed E-state index contributed by atoms with van der Waals surface area (Å²) in [5.41, 5.74) is 1.90. The molecule has 0 saturated heterocycles. The zero-order valence-corrected chi connectivity index (χ0v) is 8.90. The van der Waals surface area contributed by atoms with Crippen LogP contribution in [0, 0.1) is 11.3 Å². The SMILES string of the molecule is CCCCn1ccc2ccc(C#N)cc21. The molecule has 15 heavy (non-hydrogen) atoms. The third kappa shape index (κ3) is 1.87. The molecule has 2 nitrogen and oxygen atoms in total. The van der Waals surface area contributed by atoms with Gasteiger partial charge in [0.15, 0.2) is 0 Å². The molecule has 1 heterocycles. The van der Waals surface area contributed by atoms with Crippen LogP contribution >= 0.6 is 0 Å². The number of nitrogens with zero attached hydrogens (tertiary/aromatic N) is 2. The summed E-state index contributed by atoms with van der Waals surface area (Å²) in [6.07, 6.45) is 4.47. The Hall–Kier alpha value is -1.75. The van der Waals surface area contributed by atoms with Crippen LogP contribution < -0.4 is 0 Å². The molecule has 2 aromatic rings. The van der Waals surface area contributed by atoms with Gasteiger partial charge in [0.1, 0.15) is 0 Å². The van der Waals surface area contributed by atoms with Crippen molar-refractivity contribution in [3.05, 3.63) is 36.0 Å². The molecule has 0 saturated carbocycles. The molecule has 0 bridgehead atoms. The summed E-state index contributed by atoms with van der Waals surface area (Å²) in [5.74, 6) is 0. The third-order valence-electron chi connectivity index (χ3n) is 2.66. The van der Waals surface area contributed by atoms with Crippen LogP contribution in [0.1, 0.15) is 25.3 Å². The molecule has 0 fully saturated rings. The molecule has 0 amide bonds. The van der Waals surface area contributed by atoms with Gasteiger partial charge in [0.2, 0.25) is 0 Å². The second-order valence-corrected chi connectivity index (χ2v) is 3.75. The minimum absolute atomic E-state index is 0.735. The second kappa shape index (κ2) is 4.18. The van der Waals surface area contributed by atoms with Crippen LogP contribution in [0.2, 0.25) is 0 Å². The predicted octanol–water partition coefficient (Wildman–Crippen LogP) is 3.31. The largest absolute Gasteiger partial charge is 0.347 e. The average Bonchev–Trinajstić information content (AvgIpc) is 2.68. The van der Waals surface area contributed by atoms with E-state index >= 15 is 0 Å². The van der Waals surface area contributed by atoms with E-state index in [0.717, 1.165) is 12.1 Å². The molecule has 0 unspecified atom stereocenters. The molecule has 1 aromatic heterocycles. The Balaban J connectivity index is 2.43. The highest BCUT2D eigenvalue weighted by atomic mass is 14.9. The van der Waals surface area contributed by atoms with Crippen LogP contribution in [-0.2, 0) is 6.54 Å². The summed E-state index contributed by atoms with van der Waals surface area (Å²) >= 11 is 0. The lowest BCUT2D eigenvalue weighted by Crippen LogP contribution is -1.95. The van der Waals surface area contributed by atoms with Gasteiger partial charge in [-0.2, -0.15) is 5.26 Å². The monoisotopic (exact) mass is 198 g/mol. The molecule has 1 aromatic carbocycles. The number of hydrogen-bond donors (Lipinski definition) is 0. The van der Waals surface area contributed by atoms with Crippen LogP contribution in [0.15, 0.2) is 30.5 Å². The van der Waals surface area contributed by atoms with Crippen molar-refractivity contribution in [1.29, 1.82) is 5.26 Å². The first kappa shape index (κ1) is 9.79. The van der Waals surface area contributed by atoms with Crippen LogP contribution in [-0.4, -0.2) is 4.57 Å². The van der Waals surface area contributed by atoms with Gasteiger partial charge in [-0.3, -0.25) is 0 Å². The van der Waals surface area contributed by atoms with E-state index in [1.165, 1.54) is 23.7 Å². The zero-order valence-electron chi connectivity index (χ0n) is 8.90. The van der Waals surface area contributed by atoms with Gasteiger partial charge >= 0.3 is 0 Å². The maximum Gasteiger partial charge on any atom is 0.0992 e. The lowest BCUT2D eigenvalue weighted by atomic mass is 10.2. The standard InChI is InChI=1S/C13H14N2/c1-2-3-7-15-8-6-12-5-4-11(10-14)9-13(12)15/h4-6,8-9H,2-3,7H2,1H3. The Morgan fingerprint density at radius 3 is 2.93 bits per heavy atom. The topological polar surface area (TPSA) is 28.7 Å². The van der Waals surface area contributed by atoms with Crippen molar-refractivity contribution < 1.29 is 0 Å². The fourth-order valence-electron chi connectivity index (χ4n) is 1.78. The molecule has 0 atom stereocenters. The highest BCUT2D eigenvalue weighted by Crippen LogP contribution is 2.17. The number of unbranched alkanes of at least 4 members (excludes halogenated alkanes) is 1. The van der Waals surface area contributed by atoms with Crippen LogP contribution in [0.4, 0.5) is 0 Å². The van der Waals surface area contributed by atoms with Gasteiger partial charge in [0, 0.05) is 18.3 Å². The first-order valence-corrected chi connectivity index (χ1v) is 5.34. The van der Waals surface area contributed by atoms with Gasteiger partial charge in [-0.25, -0.2) is 0 Å². The quantitative estimate of drug-likeness (QED) is 0.743. The first-order valence-electron chi connectivity index (χ1n) is 5.34. The summed E-state index contributed by atoms with van der Waals surface area (Å²) in [4.78, 5) is 0. The van der Waals surface area contributed by atoms with Crippen LogP contribution in [0.3, 0.4) is 0 Å². The Labute approximate surface area is 89.7 Å². The Morgan fingerprint density at radius 1 is 1.33 bits per heavy atom. The number of aromatic nitrogens is 1. The fourth-order valence-corrected chi connectivity index (χ4v) is 1.78. The van der Waals surface area contributed by atoms with E-state index in [0.29, 0.717) is 0 Å². The summed E-state index contributed by atoms with van der Waals surface area (Å²) in [5, 5.41) is 10.1. The minimum Gasteiger partial charge on any atom is -0.347 e. The molecule has 0 aliphatic rings. The van der Waals surface area contributed by atoms with Crippen molar-refractivity contribution in [3.63, 3.8) is 0 Å². The molecule has 2 rings (SSSR count). The second-order valence-electron chi connectivity index (χ2n) is 3.75. The van der Waals surface area contributed by atoms with Gasteiger partial charge in [-0.15, -0.1) is 0 Å². The highest BCUT2D eigenvalue weighted by molar-refractivity contribution is 5.81. The molecule has 76 valence electrons. The molecule has 2 heteroatoms. The number of aryl methyl sites for hydroxylation is 1. The van der Waals surface area contributed by atoms with Crippen LogP contribution in [0.5, 0.6) is 0 Å². The maximum absolute atomic E-state index is 8.84. The molecule has 0 aliphatic carbocycles. The molecular weight excluding hydrogens is 184 g/mol. The first-order chi connectivity index (χ1) is 7.35. The normalized spacial score (nSPS) is 10.4. The third-order valence-corrected chi connectivity index (χ3v) is 2.66. The highest BCUT2D eigenvalue weighted by Gasteiger charge is 2.01. The van der Waals surface area contributed by atoms with Crippen molar-refractivity contribution >= 4 is 10.9 Å². The Morgan fingerprint density at radius 2 is 2.20 bits per heavy atom. The number of benzene rings is 1. The Kier molecular flexibility index (Phi) is 2.73. The molecular formula is C13H14N2. The van der Waals surface area contributed by atoms with Crippen molar-refractivity contribution in [1.82, 2.24) is 4.57 Å². The van der Waals surface area contributed by atoms with E-state index < -0.39 is 0 Å². The number of hydrogen-bond acceptors (Lipinski definition) is 1. The van der Waals surface area contributed by atoms with Crippen LogP contribution in [0.25, 0.3) is 10.9 Å². The van der Waals surface area contributed by atoms with E-state index in [1.54, 1.807) is 0 Å². The average molecular weight is 198 g/mol. The zero-order chi connectivity index (χ0) is 10.7. The van der Waals surface area contributed by atoms with E-state index in [4.69, 9.17) is 5.26 Å². The molecule has 0 spiro atoms. The van der Waals surface area contributed by atoms with E-state index in [1.807, 2.05) is 18.2 Å². The van der Waals surface area contributed by atoms with Gasteiger partial charge in [0.25, 0.3) is 0 Å². The van der Waals surface area contributed by atoms with Crippen molar-refractivity contribution in [2.24, 2.45) is 0 Å². The number of fused-ring (bicyclic) bond motifs is 1. The van der Waals surface area contributed by atoms with Gasteiger partial charge in [-0.1, -0.05) is 19.4 Å². The summed E-state index contributed by atoms with van der Waals surface area (Å²) < 4.78 is 2.22. The van der Waals surface area contributed by atoms with Gasteiger partial charge < -0.3 is 4.57 Å². The minimum atomic E-state index is 0.735. The summed E-state index contributed by atoms with van der Waals surface area (Å²) in [6, 6.07) is 10.1. The lowest BCUT2D eigenvalue weighted by Gasteiger charge is -2.03. The van der Waals surface area contributed by atoms with E-state index in [9.17, 15) is 0 Å². The van der Waals surface area contributed by atoms with Crippen molar-refractivity contribution in [3.8, 4) is 6.07 Å². The van der Waals surface area contributed by atoms with Crippen molar-refractivity contribution in [2.45, 2.75) is 26.3 Å². The molecule has 0 aliphatic heterocycles. The maximum atomic E-state index is 8.84. The fraction of sp³-hybridized carbons (Fsp3) is 0.308. The summed E-state index contributed by atoms with van der Waals surface area (Å²) in [7, 11) is 0.